The minimum absolute atomic E-state index is 0.153. The summed E-state index contributed by atoms with van der Waals surface area (Å²) in [6.07, 6.45) is 3.22. The Bertz CT molecular complexity index is 461. The van der Waals surface area contributed by atoms with E-state index in [-0.39, 0.29) is 18.5 Å². The molecule has 0 saturated carbocycles. The Morgan fingerprint density at radius 2 is 1.88 bits per heavy atom. The number of hydrogen-bond acceptors (Lipinski definition) is 6. The molecular formula is C15H29N5O4S. The van der Waals surface area contributed by atoms with Gasteiger partial charge in [-0.2, -0.15) is 11.8 Å². The Hall–Kier alpha value is -1.97. The standard InChI is InChI=1S/C15H29N5O4S/c1-4-24-14(23)12(6-5-8-18-15(16)17)20-13(22)11(7-9-25-3)19-10(2)21/h11-12H,4-9H2,1-3H3,(H,19,21)(H,20,22)(H4,16,17,18). The molecule has 0 radical (unpaired) electrons. The number of rotatable bonds is 12. The zero-order valence-corrected chi connectivity index (χ0v) is 15.8. The first kappa shape index (κ1) is 23.0. The van der Waals surface area contributed by atoms with Crippen molar-refractivity contribution in [1.29, 1.82) is 5.41 Å². The van der Waals surface area contributed by atoms with E-state index in [1.54, 1.807) is 18.7 Å². The van der Waals surface area contributed by atoms with Gasteiger partial charge in [0.25, 0.3) is 0 Å². The van der Waals surface area contributed by atoms with E-state index in [0.29, 0.717) is 31.6 Å². The van der Waals surface area contributed by atoms with Crippen LogP contribution in [0.15, 0.2) is 0 Å². The molecule has 0 aromatic carbocycles. The number of amides is 2. The lowest BCUT2D eigenvalue weighted by Crippen LogP contribution is -2.52. The fraction of sp³-hybridized carbons (Fsp3) is 0.733. The third-order valence-corrected chi connectivity index (χ3v) is 3.82. The topological polar surface area (TPSA) is 146 Å². The predicted molar refractivity (Wildman–Crippen MR) is 98.3 cm³/mol. The summed E-state index contributed by atoms with van der Waals surface area (Å²) in [5, 5.41) is 15.0. The first-order chi connectivity index (χ1) is 11.8. The highest BCUT2D eigenvalue weighted by Gasteiger charge is 2.26. The van der Waals surface area contributed by atoms with Crippen LogP contribution in [0.2, 0.25) is 0 Å². The average Bonchev–Trinajstić information content (AvgIpc) is 2.53. The summed E-state index contributed by atoms with van der Waals surface area (Å²) in [5.74, 6) is -0.698. The molecule has 0 aromatic heterocycles. The molecular weight excluding hydrogens is 346 g/mol. The minimum Gasteiger partial charge on any atom is -0.464 e. The minimum atomic E-state index is -0.813. The molecule has 2 amide bonds. The molecule has 0 rings (SSSR count). The van der Waals surface area contributed by atoms with Crippen LogP contribution in [0.5, 0.6) is 0 Å². The maximum atomic E-state index is 12.4. The molecule has 0 aliphatic rings. The molecule has 0 fully saturated rings. The quantitative estimate of drug-likeness (QED) is 0.134. The first-order valence-corrected chi connectivity index (χ1v) is 9.52. The van der Waals surface area contributed by atoms with Gasteiger partial charge in [-0.3, -0.25) is 15.0 Å². The number of ether oxygens (including phenoxy) is 1. The summed E-state index contributed by atoms with van der Waals surface area (Å²) in [6.45, 7) is 3.64. The number of hydrogen-bond donors (Lipinski definition) is 5. The van der Waals surface area contributed by atoms with Gasteiger partial charge in [0.1, 0.15) is 12.1 Å². The maximum Gasteiger partial charge on any atom is 0.328 e. The maximum absolute atomic E-state index is 12.4. The lowest BCUT2D eigenvalue weighted by molar-refractivity contribution is -0.147. The van der Waals surface area contributed by atoms with E-state index in [2.05, 4.69) is 16.0 Å². The molecule has 9 nitrogen and oxygen atoms in total. The summed E-state index contributed by atoms with van der Waals surface area (Å²) in [7, 11) is 0. The Kier molecular flexibility index (Phi) is 12.3. The summed E-state index contributed by atoms with van der Waals surface area (Å²) in [4.78, 5) is 35.8. The van der Waals surface area contributed by atoms with Crippen LogP contribution in [0.3, 0.4) is 0 Å². The van der Waals surface area contributed by atoms with Crippen LogP contribution in [-0.4, -0.2) is 61.0 Å². The largest absolute Gasteiger partial charge is 0.464 e. The van der Waals surface area contributed by atoms with Crippen molar-refractivity contribution < 1.29 is 19.1 Å². The third kappa shape index (κ3) is 11.2. The van der Waals surface area contributed by atoms with Gasteiger partial charge in [0.05, 0.1) is 6.61 Å². The number of carbonyl (C=O) groups is 3. The van der Waals surface area contributed by atoms with E-state index in [0.717, 1.165) is 0 Å². The lowest BCUT2D eigenvalue weighted by atomic mass is 10.1. The highest BCUT2D eigenvalue weighted by Crippen LogP contribution is 2.05. The number of esters is 1. The first-order valence-electron chi connectivity index (χ1n) is 8.12. The number of carbonyl (C=O) groups excluding carboxylic acids is 3. The second-order valence-corrected chi connectivity index (χ2v) is 6.32. The molecule has 0 aliphatic carbocycles. The molecule has 0 saturated heterocycles. The zero-order valence-electron chi connectivity index (χ0n) is 15.0. The fourth-order valence-electron chi connectivity index (χ4n) is 2.04. The monoisotopic (exact) mass is 375 g/mol. The van der Waals surface area contributed by atoms with Gasteiger partial charge in [0.2, 0.25) is 11.8 Å². The Morgan fingerprint density at radius 3 is 2.40 bits per heavy atom. The van der Waals surface area contributed by atoms with Gasteiger partial charge in [0, 0.05) is 13.5 Å². The molecule has 0 heterocycles. The van der Waals surface area contributed by atoms with Crippen molar-refractivity contribution in [1.82, 2.24) is 16.0 Å². The Morgan fingerprint density at radius 1 is 1.20 bits per heavy atom. The van der Waals surface area contributed by atoms with Crippen molar-refractivity contribution in [2.24, 2.45) is 5.73 Å². The summed E-state index contributed by atoms with van der Waals surface area (Å²) >= 11 is 1.56. The normalized spacial score (nSPS) is 12.6. The lowest BCUT2D eigenvalue weighted by Gasteiger charge is -2.22. The van der Waals surface area contributed by atoms with Crippen LogP contribution in [-0.2, 0) is 19.1 Å². The number of guanidine groups is 1. The molecule has 10 heteroatoms. The van der Waals surface area contributed by atoms with Crippen LogP contribution in [0.4, 0.5) is 0 Å². The molecule has 0 aromatic rings. The van der Waals surface area contributed by atoms with Crippen LogP contribution >= 0.6 is 11.8 Å². The Labute approximate surface area is 152 Å². The van der Waals surface area contributed by atoms with Gasteiger partial charge < -0.3 is 26.4 Å². The average molecular weight is 375 g/mol. The SMILES string of the molecule is CCOC(=O)C(CCCNC(=N)N)NC(=O)C(CCSC)NC(C)=O. The molecule has 0 spiro atoms. The number of nitrogens with two attached hydrogens (primary N) is 1. The summed E-state index contributed by atoms with van der Waals surface area (Å²) in [5.41, 5.74) is 5.20. The van der Waals surface area contributed by atoms with Gasteiger partial charge in [-0.05, 0) is 38.2 Å². The van der Waals surface area contributed by atoms with E-state index in [9.17, 15) is 14.4 Å². The second-order valence-electron chi connectivity index (χ2n) is 5.33. The molecule has 0 bridgehead atoms. The van der Waals surface area contributed by atoms with Crippen LogP contribution in [0.1, 0.15) is 33.1 Å². The van der Waals surface area contributed by atoms with E-state index in [4.69, 9.17) is 15.9 Å². The van der Waals surface area contributed by atoms with Crippen molar-refractivity contribution >= 4 is 35.5 Å². The molecule has 6 N–H and O–H groups in total. The highest BCUT2D eigenvalue weighted by atomic mass is 32.2. The molecule has 25 heavy (non-hydrogen) atoms. The molecule has 144 valence electrons. The van der Waals surface area contributed by atoms with E-state index in [1.165, 1.54) is 6.92 Å². The number of thioether (sulfide) groups is 1. The third-order valence-electron chi connectivity index (χ3n) is 3.18. The van der Waals surface area contributed by atoms with Gasteiger partial charge >= 0.3 is 5.97 Å². The van der Waals surface area contributed by atoms with E-state index < -0.39 is 24.0 Å². The van der Waals surface area contributed by atoms with Crippen molar-refractivity contribution in [3.8, 4) is 0 Å². The van der Waals surface area contributed by atoms with Crippen molar-refractivity contribution in [3.63, 3.8) is 0 Å². The second kappa shape index (κ2) is 13.3. The zero-order chi connectivity index (χ0) is 19.2. The van der Waals surface area contributed by atoms with Crippen LogP contribution in [0, 0.1) is 5.41 Å². The van der Waals surface area contributed by atoms with Crippen molar-refractivity contribution in [2.75, 3.05) is 25.2 Å². The molecule has 2 atom stereocenters. The summed E-state index contributed by atoms with van der Waals surface area (Å²) in [6, 6.07) is -1.51. The predicted octanol–water partition coefficient (Wildman–Crippen LogP) is -0.445. The highest BCUT2D eigenvalue weighted by molar-refractivity contribution is 7.98. The number of nitrogens with one attached hydrogen (secondary N) is 4. The van der Waals surface area contributed by atoms with Gasteiger partial charge in [-0.1, -0.05) is 0 Å². The fourth-order valence-corrected chi connectivity index (χ4v) is 2.51. The van der Waals surface area contributed by atoms with Crippen LogP contribution in [0.25, 0.3) is 0 Å². The van der Waals surface area contributed by atoms with E-state index in [1.807, 2.05) is 6.26 Å². The van der Waals surface area contributed by atoms with Gasteiger partial charge in [0.15, 0.2) is 5.96 Å². The van der Waals surface area contributed by atoms with Crippen molar-refractivity contribution in [2.45, 2.75) is 45.2 Å². The van der Waals surface area contributed by atoms with Gasteiger partial charge in [-0.15, -0.1) is 0 Å². The molecule has 2 unspecified atom stereocenters. The summed E-state index contributed by atoms with van der Waals surface area (Å²) < 4.78 is 4.99. The van der Waals surface area contributed by atoms with Crippen molar-refractivity contribution in [3.05, 3.63) is 0 Å². The van der Waals surface area contributed by atoms with Gasteiger partial charge in [-0.25, -0.2) is 4.79 Å². The Balaban J connectivity index is 4.79. The van der Waals surface area contributed by atoms with E-state index >= 15 is 0 Å². The molecule has 0 aliphatic heterocycles. The van der Waals surface area contributed by atoms with Crippen LogP contribution < -0.4 is 21.7 Å². The smallest absolute Gasteiger partial charge is 0.328 e.